The Hall–Kier alpha value is -3.38. The topological polar surface area (TPSA) is 175 Å². The van der Waals surface area contributed by atoms with Gasteiger partial charge in [-0.25, -0.2) is 9.59 Å². The van der Waals surface area contributed by atoms with E-state index in [2.05, 4.69) is 4.74 Å². The molecule has 1 aromatic rings. The quantitative estimate of drug-likeness (QED) is 0.395. The number of aliphatic hydroxyl groups is 1. The zero-order chi connectivity index (χ0) is 22.6. The summed E-state index contributed by atoms with van der Waals surface area (Å²) in [4.78, 5) is 46.0. The number of benzene rings is 1. The van der Waals surface area contributed by atoms with Crippen LogP contribution in [-0.2, 0) is 33.3 Å². The van der Waals surface area contributed by atoms with E-state index in [1.807, 2.05) is 0 Å². The maximum absolute atomic E-state index is 12.0. The molecule has 1 aromatic carbocycles. The molecule has 0 unspecified atom stereocenters. The number of hydrogen-bond donors (Lipinski definition) is 3. The molecule has 3 N–H and O–H groups in total. The van der Waals surface area contributed by atoms with Crippen LogP contribution in [0.4, 0.5) is 0 Å². The molecule has 0 saturated carbocycles. The first-order valence-electron chi connectivity index (χ1n) is 8.54. The molecule has 30 heavy (non-hydrogen) atoms. The molecule has 1 saturated heterocycles. The van der Waals surface area contributed by atoms with Gasteiger partial charge in [0.1, 0.15) is 6.10 Å². The third-order valence-corrected chi connectivity index (χ3v) is 4.01. The van der Waals surface area contributed by atoms with Crippen molar-refractivity contribution in [2.24, 2.45) is 0 Å². The minimum absolute atomic E-state index is 0.235. The molecule has 12 nitrogen and oxygen atoms in total. The van der Waals surface area contributed by atoms with Crippen molar-refractivity contribution in [1.29, 1.82) is 0 Å². The zero-order valence-corrected chi connectivity index (χ0v) is 16.1. The summed E-state index contributed by atoms with van der Waals surface area (Å²) in [5.74, 6) is -4.90. The largest absolute Gasteiger partial charge is 0.504 e. The second-order valence-corrected chi connectivity index (χ2v) is 6.19. The Bertz CT molecular complexity index is 834. The van der Waals surface area contributed by atoms with Gasteiger partial charge in [0.15, 0.2) is 23.7 Å². The first-order chi connectivity index (χ1) is 14.0. The van der Waals surface area contributed by atoms with Gasteiger partial charge in [-0.05, 0) is 18.2 Å². The summed E-state index contributed by atoms with van der Waals surface area (Å²) in [6.07, 6.45) is -8.21. The minimum atomic E-state index is -1.77. The van der Waals surface area contributed by atoms with E-state index in [1.54, 1.807) is 0 Å². The zero-order valence-electron chi connectivity index (χ0n) is 16.1. The van der Waals surface area contributed by atoms with Crippen LogP contribution in [0.3, 0.4) is 0 Å². The number of phenolic OH excluding ortho intramolecular Hbond substituents is 1. The van der Waals surface area contributed by atoms with E-state index < -0.39 is 60.3 Å². The van der Waals surface area contributed by atoms with Gasteiger partial charge >= 0.3 is 23.9 Å². The van der Waals surface area contributed by atoms with Gasteiger partial charge in [0.05, 0.1) is 12.7 Å². The lowest BCUT2D eigenvalue weighted by atomic mass is 9.98. The number of hydrogen-bond acceptors (Lipinski definition) is 11. The molecule has 0 amide bonds. The molecular weight excluding hydrogens is 408 g/mol. The fraction of sp³-hybridized carbons (Fsp3) is 0.444. The van der Waals surface area contributed by atoms with Crippen LogP contribution in [0, 0.1) is 0 Å². The van der Waals surface area contributed by atoms with Gasteiger partial charge in [-0.3, -0.25) is 9.59 Å². The van der Waals surface area contributed by atoms with Crippen LogP contribution in [0.5, 0.6) is 11.5 Å². The van der Waals surface area contributed by atoms with Crippen molar-refractivity contribution in [2.45, 2.75) is 44.6 Å². The summed E-state index contributed by atoms with van der Waals surface area (Å²) in [6, 6.07) is 3.13. The smallest absolute Gasteiger partial charge is 0.338 e. The van der Waals surface area contributed by atoms with E-state index in [1.165, 1.54) is 0 Å². The average Bonchev–Trinajstić information content (AvgIpc) is 2.66. The maximum atomic E-state index is 12.0. The predicted molar refractivity (Wildman–Crippen MR) is 93.5 cm³/mol. The molecule has 1 aliphatic heterocycles. The number of ether oxygens (including phenoxy) is 5. The number of carboxylic acid groups (broad SMARTS) is 1. The molecule has 2 rings (SSSR count). The minimum Gasteiger partial charge on any atom is -0.504 e. The summed E-state index contributed by atoms with van der Waals surface area (Å²) in [6.45, 7) is 2.08. The van der Waals surface area contributed by atoms with E-state index in [0.717, 1.165) is 39.2 Å². The lowest BCUT2D eigenvalue weighted by molar-refractivity contribution is -0.279. The number of aromatic hydroxyl groups is 1. The predicted octanol–water partition coefficient (Wildman–Crippen LogP) is -0.409. The monoisotopic (exact) mass is 428 g/mol. The third kappa shape index (κ3) is 5.15. The molecule has 0 bridgehead atoms. The Morgan fingerprint density at radius 3 is 2.13 bits per heavy atom. The van der Waals surface area contributed by atoms with E-state index in [-0.39, 0.29) is 11.3 Å². The van der Waals surface area contributed by atoms with Crippen LogP contribution in [0.2, 0.25) is 0 Å². The highest BCUT2D eigenvalue weighted by Gasteiger charge is 2.53. The number of rotatable bonds is 6. The van der Waals surface area contributed by atoms with E-state index in [0.29, 0.717) is 0 Å². The molecule has 1 heterocycles. The number of phenols is 1. The van der Waals surface area contributed by atoms with Crippen LogP contribution in [0.1, 0.15) is 24.2 Å². The van der Waals surface area contributed by atoms with Gasteiger partial charge < -0.3 is 39.0 Å². The van der Waals surface area contributed by atoms with Gasteiger partial charge in [0.2, 0.25) is 12.4 Å². The first kappa shape index (κ1) is 22.9. The Balaban J connectivity index is 2.43. The highest BCUT2D eigenvalue weighted by molar-refractivity contribution is 5.88. The maximum Gasteiger partial charge on any atom is 0.338 e. The van der Waals surface area contributed by atoms with Gasteiger partial charge in [-0.2, -0.15) is 0 Å². The van der Waals surface area contributed by atoms with Crippen molar-refractivity contribution in [1.82, 2.24) is 0 Å². The van der Waals surface area contributed by atoms with Crippen LogP contribution >= 0.6 is 0 Å². The molecule has 0 aliphatic carbocycles. The van der Waals surface area contributed by atoms with Gasteiger partial charge in [0, 0.05) is 13.8 Å². The van der Waals surface area contributed by atoms with E-state index in [4.69, 9.17) is 24.1 Å². The van der Waals surface area contributed by atoms with E-state index >= 15 is 0 Å². The molecule has 0 radical (unpaired) electrons. The van der Waals surface area contributed by atoms with Crippen molar-refractivity contribution >= 4 is 23.9 Å². The summed E-state index contributed by atoms with van der Waals surface area (Å²) < 4.78 is 25.5. The lowest BCUT2D eigenvalue weighted by Gasteiger charge is -2.41. The molecule has 0 spiro atoms. The number of carbonyl (C=O) groups excluding carboxylic acids is 3. The number of esters is 3. The van der Waals surface area contributed by atoms with Crippen molar-refractivity contribution in [3.05, 3.63) is 23.8 Å². The highest BCUT2D eigenvalue weighted by Crippen LogP contribution is 2.33. The molecule has 12 heteroatoms. The van der Waals surface area contributed by atoms with Gasteiger partial charge in [0.25, 0.3) is 0 Å². The van der Waals surface area contributed by atoms with Crippen LogP contribution < -0.4 is 4.74 Å². The van der Waals surface area contributed by atoms with Crippen molar-refractivity contribution < 1.29 is 58.2 Å². The summed E-state index contributed by atoms with van der Waals surface area (Å²) in [7, 11) is 1.03. The van der Waals surface area contributed by atoms with Crippen LogP contribution in [0.15, 0.2) is 18.2 Å². The molecule has 1 fully saturated rings. The molecule has 164 valence electrons. The van der Waals surface area contributed by atoms with E-state index in [9.17, 15) is 29.4 Å². The fourth-order valence-electron chi connectivity index (χ4n) is 2.75. The number of carbonyl (C=O) groups is 4. The average molecular weight is 428 g/mol. The van der Waals surface area contributed by atoms with Crippen LogP contribution in [0.25, 0.3) is 0 Å². The Kier molecular flexibility index (Phi) is 7.19. The molecule has 5 atom stereocenters. The summed E-state index contributed by atoms with van der Waals surface area (Å²) in [5, 5.41) is 29.5. The second-order valence-electron chi connectivity index (χ2n) is 6.19. The van der Waals surface area contributed by atoms with Gasteiger partial charge in [-0.15, -0.1) is 0 Å². The molecule has 0 aromatic heterocycles. The molecular formula is C18H20O12. The Labute approximate surface area is 169 Å². The van der Waals surface area contributed by atoms with Gasteiger partial charge in [-0.1, -0.05) is 0 Å². The van der Waals surface area contributed by atoms with Crippen LogP contribution in [-0.4, -0.2) is 77.0 Å². The number of carboxylic acids is 1. The number of aliphatic hydroxyl groups excluding tert-OH is 1. The molecule has 1 aliphatic rings. The normalized spacial score (nSPS) is 25.7. The first-order valence-corrected chi connectivity index (χ1v) is 8.54. The SMILES string of the molecule is COC(=O)[C@H]1O[C@@H](Oc2ccc(C(=O)O)cc2O)[C@H](OC(C)=O)[C@@H](OC(C)=O)[C@@H]1O. The Morgan fingerprint density at radius 1 is 1.03 bits per heavy atom. The summed E-state index contributed by atoms with van der Waals surface area (Å²) in [5.41, 5.74) is -0.235. The lowest BCUT2D eigenvalue weighted by Crippen LogP contribution is -2.63. The highest BCUT2D eigenvalue weighted by atomic mass is 16.7. The van der Waals surface area contributed by atoms with Crippen molar-refractivity contribution in [3.8, 4) is 11.5 Å². The number of methoxy groups -OCH3 is 1. The second kappa shape index (κ2) is 9.41. The summed E-state index contributed by atoms with van der Waals surface area (Å²) >= 11 is 0. The van der Waals surface area contributed by atoms with Crippen molar-refractivity contribution in [2.75, 3.05) is 7.11 Å². The van der Waals surface area contributed by atoms with Crippen molar-refractivity contribution in [3.63, 3.8) is 0 Å². The standard InChI is InChI=1S/C18H20O12/c1-7(19)27-13-12(22)14(17(25)26-3)30-18(15(13)28-8(2)20)29-11-5-4-9(16(23)24)6-10(11)21/h4-6,12-15,18,21-22H,1-3H3,(H,23,24)/t12-,13-,14-,15+,18+/m0/s1. The fourth-order valence-corrected chi connectivity index (χ4v) is 2.75. The Morgan fingerprint density at radius 2 is 1.63 bits per heavy atom. The third-order valence-electron chi connectivity index (χ3n) is 4.01. The number of aromatic carboxylic acids is 1.